The number of amides is 2. The topological polar surface area (TPSA) is 52.7 Å². The van der Waals surface area contributed by atoms with Crippen LogP contribution in [0, 0.1) is 13.8 Å². The van der Waals surface area contributed by atoms with E-state index in [9.17, 15) is 9.59 Å². The molecule has 1 fully saturated rings. The van der Waals surface area contributed by atoms with E-state index in [2.05, 4.69) is 10.2 Å². The zero-order valence-electron chi connectivity index (χ0n) is 17.9. The molecular weight excluding hydrogens is 406 g/mol. The molecule has 31 heavy (non-hydrogen) atoms. The number of rotatable bonds is 5. The normalized spacial score (nSPS) is 14.5. The Balaban J connectivity index is 1.34. The van der Waals surface area contributed by atoms with Crippen LogP contribution in [0.1, 0.15) is 20.8 Å². The van der Waals surface area contributed by atoms with Crippen LogP contribution in [-0.4, -0.2) is 54.3 Å². The molecule has 0 spiro atoms. The van der Waals surface area contributed by atoms with Gasteiger partial charge in [-0.2, -0.15) is 0 Å². The van der Waals surface area contributed by atoms with Gasteiger partial charge in [0.05, 0.1) is 11.4 Å². The summed E-state index contributed by atoms with van der Waals surface area (Å²) in [6, 6.07) is 18.0. The fraction of sp³-hybridized carbons (Fsp3) is 0.280. The van der Waals surface area contributed by atoms with Crippen molar-refractivity contribution in [2.75, 3.05) is 38.0 Å². The van der Waals surface area contributed by atoms with Gasteiger partial charge in [-0.3, -0.25) is 14.5 Å². The van der Waals surface area contributed by atoms with Gasteiger partial charge in [0.1, 0.15) is 0 Å². The van der Waals surface area contributed by atoms with Crippen LogP contribution in [0.25, 0.3) is 11.1 Å². The summed E-state index contributed by atoms with van der Waals surface area (Å²) >= 11 is 1.49. The number of thiophene rings is 1. The molecule has 0 saturated carbocycles. The van der Waals surface area contributed by atoms with Gasteiger partial charge in [0.2, 0.25) is 5.91 Å². The van der Waals surface area contributed by atoms with Crippen molar-refractivity contribution in [1.82, 2.24) is 9.80 Å². The summed E-state index contributed by atoms with van der Waals surface area (Å²) in [6.07, 6.45) is 0. The minimum atomic E-state index is -0.0122. The van der Waals surface area contributed by atoms with Crippen molar-refractivity contribution in [2.45, 2.75) is 13.8 Å². The lowest BCUT2D eigenvalue weighted by Crippen LogP contribution is -2.50. The molecule has 5 nitrogen and oxygen atoms in total. The Hall–Kier alpha value is -2.96. The fourth-order valence-electron chi connectivity index (χ4n) is 3.97. The molecule has 0 unspecified atom stereocenters. The van der Waals surface area contributed by atoms with Crippen LogP contribution in [0.15, 0.2) is 60.0 Å². The number of anilines is 1. The minimum Gasteiger partial charge on any atom is -0.335 e. The van der Waals surface area contributed by atoms with E-state index in [1.54, 1.807) is 0 Å². The van der Waals surface area contributed by atoms with Crippen molar-refractivity contribution >= 4 is 28.8 Å². The lowest BCUT2D eigenvalue weighted by atomic mass is 10.1. The quantitative estimate of drug-likeness (QED) is 0.648. The van der Waals surface area contributed by atoms with E-state index in [1.807, 2.05) is 78.7 Å². The molecule has 1 aromatic heterocycles. The van der Waals surface area contributed by atoms with Gasteiger partial charge in [-0.05, 0) is 42.0 Å². The van der Waals surface area contributed by atoms with Crippen LogP contribution in [0.5, 0.6) is 0 Å². The average molecular weight is 434 g/mol. The molecule has 1 N–H and O–H groups in total. The molecule has 1 saturated heterocycles. The summed E-state index contributed by atoms with van der Waals surface area (Å²) in [4.78, 5) is 30.5. The first-order valence-electron chi connectivity index (χ1n) is 10.5. The van der Waals surface area contributed by atoms with Crippen LogP contribution in [0.2, 0.25) is 0 Å². The summed E-state index contributed by atoms with van der Waals surface area (Å²) in [7, 11) is 0. The molecule has 0 radical (unpaired) electrons. The van der Waals surface area contributed by atoms with E-state index in [-0.39, 0.29) is 11.8 Å². The van der Waals surface area contributed by atoms with Gasteiger partial charge in [0, 0.05) is 37.4 Å². The Kier molecular flexibility index (Phi) is 6.49. The van der Waals surface area contributed by atoms with Gasteiger partial charge in [-0.25, -0.2) is 0 Å². The van der Waals surface area contributed by atoms with Crippen molar-refractivity contribution in [3.05, 3.63) is 76.0 Å². The monoisotopic (exact) mass is 433 g/mol. The van der Waals surface area contributed by atoms with Crippen LogP contribution in [0.4, 0.5) is 5.69 Å². The first-order valence-corrected chi connectivity index (χ1v) is 11.4. The molecule has 0 aliphatic carbocycles. The number of carbonyl (C=O) groups is 2. The number of piperazine rings is 1. The number of aryl methyl sites for hydroxylation is 2. The summed E-state index contributed by atoms with van der Waals surface area (Å²) in [5.41, 5.74) is 5.08. The highest BCUT2D eigenvalue weighted by Gasteiger charge is 2.26. The standard InChI is InChI=1S/C25H27N3O2S/c1-18-7-6-8-19(2)23(18)26-22(29)17-27-12-14-28(15-13-27)25(30)24-21(11-16-31-24)20-9-4-3-5-10-20/h3-11,16H,12-15,17H2,1-2H3,(H,26,29). The van der Waals surface area contributed by atoms with E-state index in [0.29, 0.717) is 32.7 Å². The van der Waals surface area contributed by atoms with E-state index in [4.69, 9.17) is 0 Å². The van der Waals surface area contributed by atoms with E-state index in [0.717, 1.165) is 32.8 Å². The molecule has 1 aliphatic heterocycles. The number of nitrogens with zero attached hydrogens (tertiary/aromatic N) is 2. The van der Waals surface area contributed by atoms with Crippen molar-refractivity contribution in [1.29, 1.82) is 0 Å². The van der Waals surface area contributed by atoms with Crippen molar-refractivity contribution in [3.63, 3.8) is 0 Å². The zero-order valence-corrected chi connectivity index (χ0v) is 18.7. The summed E-state index contributed by atoms with van der Waals surface area (Å²) in [6.45, 7) is 6.98. The number of hydrogen-bond donors (Lipinski definition) is 1. The zero-order chi connectivity index (χ0) is 21.8. The molecule has 4 rings (SSSR count). The van der Waals surface area contributed by atoms with Gasteiger partial charge in [-0.15, -0.1) is 11.3 Å². The Morgan fingerprint density at radius 2 is 1.58 bits per heavy atom. The maximum atomic E-state index is 13.1. The third-order valence-corrected chi connectivity index (χ3v) is 6.62. The van der Waals surface area contributed by atoms with Crippen molar-refractivity contribution < 1.29 is 9.59 Å². The van der Waals surface area contributed by atoms with Gasteiger partial charge in [0.25, 0.3) is 5.91 Å². The highest BCUT2D eigenvalue weighted by Crippen LogP contribution is 2.29. The maximum Gasteiger partial charge on any atom is 0.264 e. The second kappa shape index (κ2) is 9.45. The number of nitrogens with one attached hydrogen (secondary N) is 1. The largest absolute Gasteiger partial charge is 0.335 e. The number of carbonyl (C=O) groups excluding carboxylic acids is 2. The Morgan fingerprint density at radius 3 is 2.26 bits per heavy atom. The second-order valence-electron chi connectivity index (χ2n) is 7.91. The molecule has 0 atom stereocenters. The van der Waals surface area contributed by atoms with Gasteiger partial charge in [0.15, 0.2) is 0 Å². The highest BCUT2D eigenvalue weighted by molar-refractivity contribution is 7.12. The third-order valence-electron chi connectivity index (χ3n) is 5.72. The Bertz CT molecular complexity index is 1050. The molecule has 3 aromatic rings. The molecule has 2 amide bonds. The fourth-order valence-corrected chi connectivity index (χ4v) is 4.85. The van der Waals surface area contributed by atoms with Gasteiger partial charge >= 0.3 is 0 Å². The van der Waals surface area contributed by atoms with Gasteiger partial charge < -0.3 is 10.2 Å². The Morgan fingerprint density at radius 1 is 0.903 bits per heavy atom. The SMILES string of the molecule is Cc1cccc(C)c1NC(=O)CN1CCN(C(=O)c2sccc2-c2ccccc2)CC1. The number of benzene rings is 2. The summed E-state index contributed by atoms with van der Waals surface area (Å²) < 4.78 is 0. The molecular formula is C25H27N3O2S. The molecule has 160 valence electrons. The van der Waals surface area contributed by atoms with Crippen molar-refractivity contribution in [3.8, 4) is 11.1 Å². The molecule has 6 heteroatoms. The summed E-state index contributed by atoms with van der Waals surface area (Å²) in [5.74, 6) is 0.0651. The predicted octanol–water partition coefficient (Wildman–Crippen LogP) is 4.43. The lowest BCUT2D eigenvalue weighted by molar-refractivity contribution is -0.117. The highest BCUT2D eigenvalue weighted by atomic mass is 32.1. The lowest BCUT2D eigenvalue weighted by Gasteiger charge is -2.34. The molecule has 1 aliphatic rings. The van der Waals surface area contributed by atoms with Crippen molar-refractivity contribution in [2.24, 2.45) is 0 Å². The minimum absolute atomic E-state index is 0.0122. The average Bonchev–Trinajstić information content (AvgIpc) is 3.27. The predicted molar refractivity (Wildman–Crippen MR) is 127 cm³/mol. The van der Waals surface area contributed by atoms with Crippen LogP contribution >= 0.6 is 11.3 Å². The third kappa shape index (κ3) is 4.86. The van der Waals surface area contributed by atoms with E-state index < -0.39 is 0 Å². The maximum absolute atomic E-state index is 13.1. The Labute approximate surface area is 187 Å². The van der Waals surface area contributed by atoms with Gasteiger partial charge in [-0.1, -0.05) is 48.5 Å². The second-order valence-corrected chi connectivity index (χ2v) is 8.83. The number of hydrogen-bond acceptors (Lipinski definition) is 4. The van der Waals surface area contributed by atoms with E-state index >= 15 is 0 Å². The first-order chi connectivity index (χ1) is 15.0. The summed E-state index contributed by atoms with van der Waals surface area (Å²) in [5, 5.41) is 5.02. The van der Waals surface area contributed by atoms with Crippen LogP contribution < -0.4 is 5.32 Å². The molecule has 2 aromatic carbocycles. The molecule has 2 heterocycles. The number of para-hydroxylation sites is 1. The molecule has 0 bridgehead atoms. The van der Waals surface area contributed by atoms with Crippen LogP contribution in [0.3, 0.4) is 0 Å². The van der Waals surface area contributed by atoms with Crippen LogP contribution in [-0.2, 0) is 4.79 Å². The smallest absolute Gasteiger partial charge is 0.264 e. The van der Waals surface area contributed by atoms with E-state index in [1.165, 1.54) is 11.3 Å². The first kappa shape index (κ1) is 21.3.